The van der Waals surface area contributed by atoms with Crippen molar-refractivity contribution in [2.24, 2.45) is 0 Å². The van der Waals surface area contributed by atoms with Gasteiger partial charge in [0.25, 0.3) is 5.91 Å². The van der Waals surface area contributed by atoms with Crippen LogP contribution in [0.15, 0.2) is 24.5 Å². The Morgan fingerprint density at radius 3 is 2.41 bits per heavy atom. The molecule has 0 aliphatic rings. The maximum Gasteiger partial charge on any atom is 0.258 e. The number of carbonyl (C=O) groups excluding carboxylic acids is 1. The fourth-order valence-corrected chi connectivity index (χ4v) is 2.52. The highest BCUT2D eigenvalue weighted by molar-refractivity contribution is 6.32. The number of hydrogen-bond acceptors (Lipinski definition) is 7. The van der Waals surface area contributed by atoms with E-state index in [2.05, 4.69) is 25.5 Å². The molecule has 1 aromatic heterocycles. The van der Waals surface area contributed by atoms with Crippen molar-refractivity contribution in [3.05, 3.63) is 35.1 Å². The first-order chi connectivity index (χ1) is 12.9. The third kappa shape index (κ3) is 5.97. The number of nitrogens with one attached hydrogen (secondary N) is 2. The second-order valence-corrected chi connectivity index (χ2v) is 6.43. The lowest BCUT2D eigenvalue weighted by Gasteiger charge is -2.13. The molecule has 0 saturated carbocycles. The number of carbonyl (C=O) groups is 1. The van der Waals surface area contributed by atoms with E-state index < -0.39 is 0 Å². The lowest BCUT2D eigenvalue weighted by molar-refractivity contribution is 0.102. The first kappa shape index (κ1) is 20.7. The molecule has 1 aromatic carbocycles. The molecule has 2 N–H and O–H groups in total. The van der Waals surface area contributed by atoms with Gasteiger partial charge in [0, 0.05) is 31.1 Å². The third-order valence-corrected chi connectivity index (χ3v) is 4.00. The number of halogens is 1. The van der Waals surface area contributed by atoms with Crippen LogP contribution in [0.2, 0.25) is 5.02 Å². The summed E-state index contributed by atoms with van der Waals surface area (Å²) in [4.78, 5) is 22.9. The zero-order chi connectivity index (χ0) is 19.8. The minimum absolute atomic E-state index is 0.324. The zero-order valence-electron chi connectivity index (χ0n) is 15.9. The van der Waals surface area contributed by atoms with Crippen molar-refractivity contribution in [1.29, 1.82) is 0 Å². The summed E-state index contributed by atoms with van der Waals surface area (Å²) in [5, 5.41) is 6.27. The van der Waals surface area contributed by atoms with E-state index in [1.165, 1.54) is 26.6 Å². The molecule has 0 atom stereocenters. The lowest BCUT2D eigenvalue weighted by atomic mass is 10.2. The maximum absolute atomic E-state index is 12.5. The minimum atomic E-state index is -0.364. The van der Waals surface area contributed by atoms with Crippen LogP contribution in [0, 0.1) is 0 Å². The van der Waals surface area contributed by atoms with Crippen LogP contribution in [-0.4, -0.2) is 62.2 Å². The maximum atomic E-state index is 12.5. The van der Waals surface area contributed by atoms with Gasteiger partial charge in [-0.1, -0.05) is 11.6 Å². The van der Waals surface area contributed by atoms with Gasteiger partial charge in [0.05, 0.1) is 30.5 Å². The van der Waals surface area contributed by atoms with Crippen LogP contribution >= 0.6 is 11.6 Å². The summed E-state index contributed by atoms with van der Waals surface area (Å²) in [6.45, 7) is 1.73. The molecule has 0 fully saturated rings. The van der Waals surface area contributed by atoms with Crippen molar-refractivity contribution < 1.29 is 14.3 Å². The number of hydrogen-bond donors (Lipinski definition) is 2. The van der Waals surface area contributed by atoms with E-state index in [0.29, 0.717) is 33.7 Å². The molecule has 9 heteroatoms. The molecule has 8 nitrogen and oxygen atoms in total. The highest BCUT2D eigenvalue weighted by Crippen LogP contribution is 2.36. The molecule has 0 spiro atoms. The van der Waals surface area contributed by atoms with E-state index in [4.69, 9.17) is 21.1 Å². The number of ether oxygens (including phenoxy) is 2. The van der Waals surface area contributed by atoms with E-state index >= 15 is 0 Å². The topological polar surface area (TPSA) is 88.6 Å². The molecule has 2 rings (SSSR count). The van der Waals surface area contributed by atoms with Gasteiger partial charge in [-0.15, -0.1) is 0 Å². The number of nitrogens with zero attached hydrogens (tertiary/aromatic N) is 3. The van der Waals surface area contributed by atoms with Crippen LogP contribution < -0.4 is 20.1 Å². The van der Waals surface area contributed by atoms with Crippen molar-refractivity contribution in [2.75, 3.05) is 52.0 Å². The average Bonchev–Trinajstić information content (AvgIpc) is 2.66. The van der Waals surface area contributed by atoms with Crippen molar-refractivity contribution in [2.45, 2.75) is 6.42 Å². The largest absolute Gasteiger partial charge is 0.495 e. The smallest absolute Gasteiger partial charge is 0.258 e. The molecular formula is C18H24ClN5O3. The Kier molecular flexibility index (Phi) is 7.63. The van der Waals surface area contributed by atoms with Gasteiger partial charge >= 0.3 is 0 Å². The van der Waals surface area contributed by atoms with Gasteiger partial charge in [-0.25, -0.2) is 9.97 Å². The van der Waals surface area contributed by atoms with Crippen molar-refractivity contribution in [1.82, 2.24) is 14.9 Å². The summed E-state index contributed by atoms with van der Waals surface area (Å²) in [6, 6.07) is 3.17. The predicted molar refractivity (Wildman–Crippen MR) is 106 cm³/mol. The Morgan fingerprint density at radius 2 is 1.81 bits per heavy atom. The first-order valence-electron chi connectivity index (χ1n) is 8.38. The molecule has 1 heterocycles. The Bertz CT molecular complexity index is 768. The Balaban J connectivity index is 2.02. The summed E-state index contributed by atoms with van der Waals surface area (Å²) in [6.07, 6.45) is 3.91. The van der Waals surface area contributed by atoms with Crippen LogP contribution in [0.25, 0.3) is 0 Å². The van der Waals surface area contributed by atoms with Crippen molar-refractivity contribution in [3.63, 3.8) is 0 Å². The summed E-state index contributed by atoms with van der Waals surface area (Å²) in [5.41, 5.74) is 0.763. The van der Waals surface area contributed by atoms with Gasteiger partial charge in [-0.3, -0.25) is 4.79 Å². The molecule has 0 aliphatic carbocycles. The molecule has 0 aliphatic heterocycles. The summed E-state index contributed by atoms with van der Waals surface area (Å²) >= 11 is 6.07. The highest BCUT2D eigenvalue weighted by atomic mass is 35.5. The van der Waals surface area contributed by atoms with Crippen LogP contribution in [0.4, 0.5) is 11.6 Å². The van der Waals surface area contributed by atoms with Gasteiger partial charge in [0.15, 0.2) is 0 Å². The summed E-state index contributed by atoms with van der Waals surface area (Å²) in [5.74, 6) is 0.975. The van der Waals surface area contributed by atoms with E-state index in [1.807, 2.05) is 14.1 Å². The number of anilines is 2. The molecule has 2 aromatic rings. The number of rotatable bonds is 9. The van der Waals surface area contributed by atoms with Gasteiger partial charge in [0.1, 0.15) is 11.5 Å². The van der Waals surface area contributed by atoms with Gasteiger partial charge in [-0.05, 0) is 27.1 Å². The number of amides is 1. The van der Waals surface area contributed by atoms with Crippen LogP contribution in [0.3, 0.4) is 0 Å². The van der Waals surface area contributed by atoms with Gasteiger partial charge in [0.2, 0.25) is 5.95 Å². The molecule has 146 valence electrons. The van der Waals surface area contributed by atoms with E-state index in [0.717, 1.165) is 19.5 Å². The number of methoxy groups -OCH3 is 2. The molecule has 1 amide bonds. The predicted octanol–water partition coefficient (Wildman–Crippen LogP) is 2.76. The Morgan fingerprint density at radius 1 is 1.15 bits per heavy atom. The molecule has 0 radical (unpaired) electrons. The van der Waals surface area contributed by atoms with Crippen LogP contribution in [0.5, 0.6) is 11.5 Å². The quantitative estimate of drug-likeness (QED) is 0.633. The fourth-order valence-electron chi connectivity index (χ4n) is 2.28. The van der Waals surface area contributed by atoms with Crippen LogP contribution in [0.1, 0.15) is 16.8 Å². The SMILES string of the molecule is COc1cc(NC(=O)c2cnc(NCCCN(C)C)nc2)c(OC)cc1Cl. The molecule has 0 bridgehead atoms. The second kappa shape index (κ2) is 9.94. The highest BCUT2D eigenvalue weighted by Gasteiger charge is 2.14. The summed E-state index contributed by atoms with van der Waals surface area (Å²) in [7, 11) is 7.04. The second-order valence-electron chi connectivity index (χ2n) is 6.02. The first-order valence-corrected chi connectivity index (χ1v) is 8.76. The van der Waals surface area contributed by atoms with E-state index in [1.54, 1.807) is 12.1 Å². The monoisotopic (exact) mass is 393 g/mol. The molecular weight excluding hydrogens is 370 g/mol. The Labute approximate surface area is 163 Å². The number of aromatic nitrogens is 2. The van der Waals surface area contributed by atoms with Gasteiger partial charge in [-0.2, -0.15) is 0 Å². The fraction of sp³-hybridized carbons (Fsp3) is 0.389. The van der Waals surface area contributed by atoms with Gasteiger partial charge < -0.3 is 25.0 Å². The minimum Gasteiger partial charge on any atom is -0.495 e. The molecule has 27 heavy (non-hydrogen) atoms. The van der Waals surface area contributed by atoms with Crippen molar-refractivity contribution in [3.8, 4) is 11.5 Å². The normalized spacial score (nSPS) is 10.6. The van der Waals surface area contributed by atoms with Crippen LogP contribution in [-0.2, 0) is 0 Å². The zero-order valence-corrected chi connectivity index (χ0v) is 16.6. The van der Waals surface area contributed by atoms with E-state index in [-0.39, 0.29) is 5.91 Å². The Hall–Kier alpha value is -2.58. The molecule has 0 saturated heterocycles. The average molecular weight is 394 g/mol. The number of benzene rings is 1. The summed E-state index contributed by atoms with van der Waals surface area (Å²) < 4.78 is 10.4. The molecule has 0 unspecified atom stereocenters. The van der Waals surface area contributed by atoms with E-state index in [9.17, 15) is 4.79 Å². The lowest BCUT2D eigenvalue weighted by Crippen LogP contribution is -2.17. The van der Waals surface area contributed by atoms with Crippen molar-refractivity contribution >= 4 is 29.1 Å². The third-order valence-electron chi connectivity index (χ3n) is 3.70. The standard InChI is InChI=1S/C18H24ClN5O3/c1-24(2)7-5-6-20-18-21-10-12(11-22-18)17(25)23-14-9-15(26-3)13(19)8-16(14)27-4/h8-11H,5-7H2,1-4H3,(H,23,25)(H,20,21,22).